The lowest BCUT2D eigenvalue weighted by molar-refractivity contribution is 0.157. The third-order valence-electron chi connectivity index (χ3n) is 6.36. The van der Waals surface area contributed by atoms with Crippen LogP contribution in [0.2, 0.25) is 0 Å². The summed E-state index contributed by atoms with van der Waals surface area (Å²) >= 11 is 4.81. The first kappa shape index (κ1) is 30.7. The van der Waals surface area contributed by atoms with Crippen molar-refractivity contribution < 1.29 is 26.7 Å². The van der Waals surface area contributed by atoms with E-state index in [1.54, 1.807) is 49.6 Å². The van der Waals surface area contributed by atoms with Crippen LogP contribution >= 0.6 is 27.3 Å². The van der Waals surface area contributed by atoms with Crippen LogP contribution in [-0.4, -0.2) is 34.8 Å². The fourth-order valence-electron chi connectivity index (χ4n) is 4.14. The number of anilines is 2. The van der Waals surface area contributed by atoms with Crippen LogP contribution in [0.15, 0.2) is 70.8 Å². The second kappa shape index (κ2) is 13.7. The number of hydrogen-bond acceptors (Lipinski definition) is 9. The summed E-state index contributed by atoms with van der Waals surface area (Å²) in [5.74, 6) is 0.0630. The molecule has 5 rings (SSSR count). The zero-order valence-corrected chi connectivity index (χ0v) is 26.2. The minimum absolute atomic E-state index is 0.0321. The maximum absolute atomic E-state index is 15.2. The summed E-state index contributed by atoms with van der Waals surface area (Å²) in [4.78, 5) is 13.4. The highest BCUT2D eigenvalue weighted by atomic mass is 79.9. The molecule has 0 unspecified atom stereocenters. The molecule has 3 aromatic carbocycles. The first-order valence-corrected chi connectivity index (χ1v) is 15.8. The summed E-state index contributed by atoms with van der Waals surface area (Å²) < 4.78 is 63.5. The molecule has 0 spiro atoms. The molecule has 2 heterocycles. The summed E-state index contributed by atoms with van der Waals surface area (Å²) in [7, 11) is -2.32. The Morgan fingerprint density at radius 2 is 1.91 bits per heavy atom. The number of nitrogens with one attached hydrogen (secondary N) is 1. The standard InChI is InChI=1S/C30H25BrF2N4O4S2/c1-17(2)28(43(38)39)13-40-14-29-37-26(15-42-29)21-10-22-25(11-24(21)33)34-16-35-30(22)36-20-6-7-27(23(31)9-20)41-12-18-4-3-5-19(32)8-18/h3-11,15-17H,12-14H2,1-2H3,(H,34,35,36). The highest BCUT2D eigenvalue weighted by Gasteiger charge is 2.16. The number of halogens is 3. The van der Waals surface area contributed by atoms with Crippen LogP contribution in [0.4, 0.5) is 20.3 Å². The summed E-state index contributed by atoms with van der Waals surface area (Å²) in [6.45, 7) is 3.84. The quantitative estimate of drug-likeness (QED) is 0.144. The fourth-order valence-corrected chi connectivity index (χ4v) is 5.93. The molecule has 2 aromatic heterocycles. The highest BCUT2D eigenvalue weighted by molar-refractivity contribution is 9.10. The van der Waals surface area contributed by atoms with Crippen LogP contribution < -0.4 is 10.1 Å². The first-order valence-electron chi connectivity index (χ1n) is 13.0. The van der Waals surface area contributed by atoms with E-state index in [2.05, 4.69) is 36.2 Å². The number of nitrogens with zero attached hydrogens (tertiary/aromatic N) is 3. The van der Waals surface area contributed by atoms with E-state index in [1.807, 2.05) is 6.07 Å². The van der Waals surface area contributed by atoms with Gasteiger partial charge in [0, 0.05) is 28.1 Å². The van der Waals surface area contributed by atoms with Gasteiger partial charge < -0.3 is 14.8 Å². The molecule has 5 aromatic rings. The van der Waals surface area contributed by atoms with E-state index < -0.39 is 16.1 Å². The fraction of sp³-hybridized carbons (Fsp3) is 0.200. The number of hydrogen-bond donors (Lipinski definition) is 1. The van der Waals surface area contributed by atoms with E-state index in [-0.39, 0.29) is 42.0 Å². The van der Waals surface area contributed by atoms with Crippen molar-refractivity contribution in [2.75, 3.05) is 11.9 Å². The van der Waals surface area contributed by atoms with Crippen molar-refractivity contribution >= 4 is 64.8 Å². The third-order valence-corrected chi connectivity index (χ3v) is 8.82. The summed E-state index contributed by atoms with van der Waals surface area (Å²) in [6, 6.07) is 14.6. The lowest BCUT2D eigenvalue weighted by Crippen LogP contribution is -2.16. The first-order chi connectivity index (χ1) is 20.7. The SMILES string of the molecule is CC(C)C(COCc1nc(-c2cc3c(Nc4ccc(OCc5cccc(F)c5)c(Br)c4)ncnc3cc2F)cs1)=S(=O)=O. The Morgan fingerprint density at radius 1 is 1.07 bits per heavy atom. The monoisotopic (exact) mass is 686 g/mol. The van der Waals surface area contributed by atoms with Crippen LogP contribution in [0.1, 0.15) is 24.4 Å². The molecule has 13 heteroatoms. The largest absolute Gasteiger partial charge is 0.488 e. The summed E-state index contributed by atoms with van der Waals surface area (Å²) in [5, 5.41) is 6.15. The smallest absolute Gasteiger partial charge is 0.215 e. The molecule has 0 atom stereocenters. The normalized spacial score (nSPS) is 11.2. The molecule has 0 aliphatic heterocycles. The van der Waals surface area contributed by atoms with Crippen molar-refractivity contribution in [3.8, 4) is 17.0 Å². The zero-order chi connectivity index (χ0) is 30.5. The Labute approximate surface area is 260 Å². The molecule has 222 valence electrons. The van der Waals surface area contributed by atoms with E-state index in [4.69, 9.17) is 9.47 Å². The molecule has 0 amide bonds. The average Bonchev–Trinajstić information content (AvgIpc) is 3.43. The second-order valence-corrected chi connectivity index (χ2v) is 12.5. The van der Waals surface area contributed by atoms with Crippen molar-refractivity contribution in [3.63, 3.8) is 0 Å². The number of rotatable bonds is 11. The van der Waals surface area contributed by atoms with Crippen molar-refractivity contribution in [2.24, 2.45) is 5.92 Å². The molecule has 0 fully saturated rings. The van der Waals surface area contributed by atoms with Gasteiger partial charge in [-0.25, -0.2) is 23.7 Å². The number of aromatic nitrogens is 3. The van der Waals surface area contributed by atoms with Gasteiger partial charge in [-0.3, -0.25) is 0 Å². The topological polar surface area (TPSA) is 103 Å². The van der Waals surface area contributed by atoms with Gasteiger partial charge in [0.25, 0.3) is 0 Å². The summed E-state index contributed by atoms with van der Waals surface area (Å²) in [5.41, 5.74) is 2.50. The van der Waals surface area contributed by atoms with E-state index in [1.165, 1.54) is 35.9 Å². The molecular weight excluding hydrogens is 662 g/mol. The van der Waals surface area contributed by atoms with Gasteiger partial charge >= 0.3 is 0 Å². The predicted octanol–water partition coefficient (Wildman–Crippen LogP) is 7.34. The Morgan fingerprint density at radius 3 is 2.65 bits per heavy atom. The Balaban J connectivity index is 1.33. The van der Waals surface area contributed by atoms with Crippen LogP contribution in [0.5, 0.6) is 5.75 Å². The number of thiazole rings is 1. The molecule has 0 aliphatic rings. The van der Waals surface area contributed by atoms with Crippen LogP contribution in [0, 0.1) is 17.6 Å². The van der Waals surface area contributed by atoms with Crippen molar-refractivity contribution in [3.05, 3.63) is 93.0 Å². The van der Waals surface area contributed by atoms with Crippen LogP contribution in [-0.2, 0) is 28.2 Å². The molecule has 0 radical (unpaired) electrons. The number of fused-ring (bicyclic) bond motifs is 1. The number of ether oxygens (including phenoxy) is 2. The minimum Gasteiger partial charge on any atom is -0.488 e. The predicted molar refractivity (Wildman–Crippen MR) is 167 cm³/mol. The third kappa shape index (κ3) is 7.60. The molecule has 0 saturated heterocycles. The van der Waals surface area contributed by atoms with Gasteiger partial charge in [0.15, 0.2) is 0 Å². The van der Waals surface area contributed by atoms with Crippen molar-refractivity contribution in [1.82, 2.24) is 15.0 Å². The van der Waals surface area contributed by atoms with Gasteiger partial charge in [0.05, 0.1) is 33.8 Å². The van der Waals surface area contributed by atoms with E-state index in [0.717, 1.165) is 0 Å². The van der Waals surface area contributed by atoms with Gasteiger partial charge in [-0.05, 0) is 63.8 Å². The van der Waals surface area contributed by atoms with Crippen molar-refractivity contribution in [1.29, 1.82) is 0 Å². The molecule has 0 aliphatic carbocycles. The Hall–Kier alpha value is -3.78. The minimum atomic E-state index is -2.32. The highest BCUT2D eigenvalue weighted by Crippen LogP contribution is 2.34. The Kier molecular flexibility index (Phi) is 9.76. The number of benzene rings is 3. The maximum Gasteiger partial charge on any atom is 0.215 e. The lowest BCUT2D eigenvalue weighted by Gasteiger charge is -2.13. The molecule has 0 saturated carbocycles. The zero-order valence-electron chi connectivity index (χ0n) is 23.0. The van der Waals surface area contributed by atoms with Crippen molar-refractivity contribution in [2.45, 2.75) is 27.1 Å². The van der Waals surface area contributed by atoms with E-state index >= 15 is 4.39 Å². The Bertz CT molecular complexity index is 1930. The van der Waals surface area contributed by atoms with Crippen LogP contribution in [0.25, 0.3) is 22.2 Å². The molecule has 1 N–H and O–H groups in total. The average molecular weight is 688 g/mol. The molecule has 8 nitrogen and oxygen atoms in total. The van der Waals surface area contributed by atoms with E-state index in [9.17, 15) is 12.8 Å². The maximum atomic E-state index is 15.2. The summed E-state index contributed by atoms with van der Waals surface area (Å²) in [6.07, 6.45) is 1.35. The lowest BCUT2D eigenvalue weighted by atomic mass is 10.1. The van der Waals surface area contributed by atoms with Crippen LogP contribution in [0.3, 0.4) is 0 Å². The molecule has 43 heavy (non-hydrogen) atoms. The molecular formula is C30H25BrF2N4O4S2. The molecule has 0 bridgehead atoms. The van der Waals surface area contributed by atoms with Gasteiger partial charge in [0.1, 0.15) is 41.1 Å². The van der Waals surface area contributed by atoms with Gasteiger partial charge in [0.2, 0.25) is 10.3 Å². The van der Waals surface area contributed by atoms with Gasteiger partial charge in [-0.2, -0.15) is 8.42 Å². The van der Waals surface area contributed by atoms with Gasteiger partial charge in [-0.1, -0.05) is 26.0 Å². The van der Waals surface area contributed by atoms with Gasteiger partial charge in [-0.15, -0.1) is 11.3 Å². The second-order valence-electron chi connectivity index (χ2n) is 9.74. The van der Waals surface area contributed by atoms with E-state index in [0.29, 0.717) is 48.9 Å².